The molecule has 28 heteroatoms. The Morgan fingerprint density at radius 3 is 1.06 bits per heavy atom. The first kappa shape index (κ1) is 83.3. The van der Waals surface area contributed by atoms with Crippen LogP contribution in [0.25, 0.3) is 9.69 Å². The number of hydrogen-bond donors (Lipinski definition) is 0. The Bertz CT molecular complexity index is 2990. The summed E-state index contributed by atoms with van der Waals surface area (Å²) in [7, 11) is 0. The number of nitrogens with zero attached hydrogens (tertiary/aromatic N) is 4. The van der Waals surface area contributed by atoms with Crippen LogP contribution in [-0.2, 0) is 76.3 Å². The largest absolute Gasteiger partial charge is 0.492 e. The van der Waals surface area contributed by atoms with Gasteiger partial charge in [0.2, 0.25) is 0 Å². The van der Waals surface area contributed by atoms with Crippen LogP contribution >= 0.6 is 47.0 Å². The van der Waals surface area contributed by atoms with Gasteiger partial charge in [-0.3, -0.25) is 9.59 Å². The van der Waals surface area contributed by atoms with Crippen LogP contribution in [0, 0.1) is 49.7 Å². The highest BCUT2D eigenvalue weighted by Gasteiger charge is 2.32. The van der Waals surface area contributed by atoms with Crippen molar-refractivity contribution in [2.24, 2.45) is 0 Å². The van der Waals surface area contributed by atoms with Crippen molar-refractivity contribution in [2.75, 3.05) is 79.3 Å². The first-order chi connectivity index (χ1) is 43.5. The second-order valence-corrected chi connectivity index (χ2v) is 19.9. The molecule has 0 saturated heterocycles. The number of aryl methyl sites for hydroxylation is 2. The van der Waals surface area contributed by atoms with Crippen LogP contribution in [0.15, 0.2) is 102 Å². The fourth-order valence-electron chi connectivity index (χ4n) is 5.95. The number of nitriles is 2. The van der Waals surface area contributed by atoms with E-state index in [-0.39, 0.29) is 96.1 Å². The molecule has 0 spiro atoms. The molecule has 0 amide bonds. The average molecular weight is 1330 g/mol. The van der Waals surface area contributed by atoms with Gasteiger partial charge in [-0.2, -0.15) is 0 Å². The maximum absolute atomic E-state index is 12.1. The number of ether oxygens (including phenoxy) is 12. The molecule has 90 heavy (non-hydrogen) atoms. The zero-order valence-electron chi connectivity index (χ0n) is 52.2. The predicted octanol–water partition coefficient (Wildman–Crippen LogP) is 11.9. The van der Waals surface area contributed by atoms with E-state index in [9.17, 15) is 48.9 Å². The Kier molecular flexibility index (Phi) is 47.3. The van der Waals surface area contributed by atoms with Gasteiger partial charge in [-0.05, 0) is 49.9 Å². The minimum atomic E-state index is -0.719. The van der Waals surface area contributed by atoms with E-state index < -0.39 is 61.0 Å². The minimum Gasteiger partial charge on any atom is -0.492 e. The molecule has 2 aliphatic rings. The van der Waals surface area contributed by atoms with Gasteiger partial charge >= 0.3 is 47.8 Å². The van der Waals surface area contributed by atoms with Gasteiger partial charge in [0.05, 0.1) is 66.6 Å². The first-order valence-electron chi connectivity index (χ1n) is 27.9. The Labute approximate surface area is 543 Å². The smallest absolute Gasteiger partial charge is 0.344 e. The van der Waals surface area contributed by atoms with Crippen molar-refractivity contribution in [3.63, 3.8) is 0 Å². The summed E-state index contributed by atoms with van der Waals surface area (Å²) in [5.74, 6) is -3.23. The van der Waals surface area contributed by atoms with E-state index in [4.69, 9.17) is 70.0 Å². The van der Waals surface area contributed by atoms with Crippen LogP contribution in [0.3, 0.4) is 0 Å². The van der Waals surface area contributed by atoms with E-state index in [2.05, 4.69) is 36.0 Å². The molecule has 0 unspecified atom stereocenters. The molecule has 0 N–H and O–H groups in total. The van der Waals surface area contributed by atoms with E-state index in [1.165, 1.54) is 23.5 Å². The molecule has 488 valence electrons. The standard InChI is InChI=1S/C29H30N2O10S2.C25H22N2O10S2.4C2H6/c1-5-22(32)37-13-15-39-24(34)9-7-11-36-21-17-19(3)26(28-27(21)42-29(43-28)20(18-30)31-4)41-12-8-10-25(35)40-16-14-38-23(33)6-2;1-5-18(28)32-7-9-34-20(30)13-36-17-11-15(3)22(24-23(17)38-25(39-24)16(12-26)27-4)37-14-21(31)35-10-8-33-19(29)6-2;4*1-2/h5-6,17H,1-2,7-16H2,3H3;5-6,11H,1-2,7-10,13-14H2,3H3;4*1-2H3/b29-20+;25-16+;;;;. The summed E-state index contributed by atoms with van der Waals surface area (Å²) < 4.78 is 63.1. The molecular formula is C62H76N4O20S4. The molecule has 0 atom stereocenters. The lowest BCUT2D eigenvalue weighted by molar-refractivity contribution is -0.151. The summed E-state index contributed by atoms with van der Waals surface area (Å²) in [6, 6.07) is 7.10. The number of hydrogen-bond acceptors (Lipinski definition) is 26. The number of fused-ring (bicyclic) bond motifs is 2. The maximum Gasteiger partial charge on any atom is 0.344 e. The van der Waals surface area contributed by atoms with Crippen molar-refractivity contribution in [1.29, 1.82) is 10.5 Å². The number of thioether (sulfide) groups is 4. The van der Waals surface area contributed by atoms with Crippen molar-refractivity contribution >= 4 is 94.8 Å². The molecular weight excluding hydrogens is 1250 g/mol. The quantitative estimate of drug-likeness (QED) is 0.0164. The van der Waals surface area contributed by atoms with Crippen molar-refractivity contribution in [3.8, 4) is 35.1 Å². The highest BCUT2D eigenvalue weighted by molar-refractivity contribution is 8.25. The maximum atomic E-state index is 12.1. The fraction of sp³-hybridized carbons (Fsp3) is 0.419. The van der Waals surface area contributed by atoms with Gasteiger partial charge in [0, 0.05) is 37.1 Å². The minimum absolute atomic E-state index is 0.0521. The molecule has 0 saturated carbocycles. The lowest BCUT2D eigenvalue weighted by Crippen LogP contribution is -2.19. The van der Waals surface area contributed by atoms with Crippen LogP contribution in [0.5, 0.6) is 23.0 Å². The normalized spacial score (nSPS) is 11.6. The molecule has 4 rings (SSSR count). The fourth-order valence-corrected chi connectivity index (χ4v) is 11.1. The molecule has 0 bridgehead atoms. The van der Waals surface area contributed by atoms with Crippen molar-refractivity contribution in [3.05, 3.63) is 117 Å². The summed E-state index contributed by atoms with van der Waals surface area (Å²) in [4.78, 5) is 101. The molecule has 2 aromatic carbocycles. The summed E-state index contributed by atoms with van der Waals surface area (Å²) in [5, 5.41) is 18.7. The SMILES string of the molecule is CC.CC.CC.CC.[C-]#[N+]/C(C#N)=C1\Sc2c(OCC(=O)OCCOC(=O)C=C)cc(C)c(OCC(=O)OCCOC(=O)C=C)c2S1.[C-]#[N+]/C(C#N)=C1\Sc2c(OCCCC(=O)OCCOC(=O)C=C)cc(C)c(OCCCC(=O)OCCOC(=O)C=C)c2S1. The Morgan fingerprint density at radius 2 is 0.722 bits per heavy atom. The van der Waals surface area contributed by atoms with E-state index in [1.54, 1.807) is 19.1 Å². The number of carbonyl (C=O) groups excluding carboxylic acids is 8. The molecule has 2 aromatic rings. The van der Waals surface area contributed by atoms with Gasteiger partial charge in [0.15, 0.2) is 13.2 Å². The Morgan fingerprint density at radius 1 is 0.433 bits per heavy atom. The van der Waals surface area contributed by atoms with Crippen LogP contribution in [0.2, 0.25) is 0 Å². The Balaban J connectivity index is 0. The second-order valence-electron chi connectivity index (χ2n) is 15.3. The summed E-state index contributed by atoms with van der Waals surface area (Å²) in [5.41, 5.74) is 1.09. The highest BCUT2D eigenvalue weighted by Crippen LogP contribution is 2.61. The van der Waals surface area contributed by atoms with Gasteiger partial charge < -0.3 is 56.8 Å². The average Bonchev–Trinajstić information content (AvgIpc) is 1.65. The molecule has 0 aliphatic carbocycles. The third-order valence-electron chi connectivity index (χ3n) is 9.55. The number of allylic oxidation sites excluding steroid dienone is 2. The van der Waals surface area contributed by atoms with Crippen molar-refractivity contribution in [2.45, 2.75) is 115 Å². The molecule has 2 heterocycles. The topological polar surface area (TPSA) is 304 Å². The van der Waals surface area contributed by atoms with E-state index in [0.29, 0.717) is 63.7 Å². The number of rotatable bonds is 32. The number of benzene rings is 2. The van der Waals surface area contributed by atoms with Crippen molar-refractivity contribution < 1.29 is 95.2 Å². The summed E-state index contributed by atoms with van der Waals surface area (Å²) >= 11 is 4.64. The van der Waals surface area contributed by atoms with Crippen LogP contribution in [0.4, 0.5) is 0 Å². The molecule has 0 aromatic heterocycles. The third-order valence-corrected chi connectivity index (χ3v) is 14.7. The van der Waals surface area contributed by atoms with Gasteiger partial charge in [0.1, 0.15) is 75.9 Å². The molecule has 0 radical (unpaired) electrons. The lowest BCUT2D eigenvalue weighted by Gasteiger charge is -2.16. The van der Waals surface area contributed by atoms with Gasteiger partial charge in [-0.15, -0.1) is 0 Å². The highest BCUT2D eigenvalue weighted by atomic mass is 32.2. The zero-order chi connectivity index (χ0) is 68.4. The Hall–Kier alpha value is -8.80. The van der Waals surface area contributed by atoms with Crippen LogP contribution in [-0.4, -0.2) is 127 Å². The number of esters is 8. The molecule has 2 aliphatic heterocycles. The van der Waals surface area contributed by atoms with Crippen molar-refractivity contribution in [1.82, 2.24) is 0 Å². The van der Waals surface area contributed by atoms with E-state index >= 15 is 0 Å². The summed E-state index contributed by atoms with van der Waals surface area (Å²) in [6.07, 6.45) is 4.90. The van der Waals surface area contributed by atoms with E-state index in [1.807, 2.05) is 74.5 Å². The second kappa shape index (κ2) is 51.1. The first-order valence-corrected chi connectivity index (χ1v) is 31.1. The van der Waals surface area contributed by atoms with Gasteiger partial charge in [0.25, 0.3) is 11.4 Å². The molecule has 0 fully saturated rings. The van der Waals surface area contributed by atoms with Gasteiger partial charge in [-0.1, -0.05) is 129 Å². The molecule has 24 nitrogen and oxygen atoms in total. The van der Waals surface area contributed by atoms with Gasteiger partial charge in [-0.25, -0.2) is 49.0 Å². The lowest BCUT2D eigenvalue weighted by atomic mass is 10.2. The van der Waals surface area contributed by atoms with Crippen LogP contribution in [0.1, 0.15) is 92.2 Å². The third kappa shape index (κ3) is 31.9. The zero-order valence-corrected chi connectivity index (χ0v) is 55.5. The monoisotopic (exact) mass is 1320 g/mol. The predicted molar refractivity (Wildman–Crippen MR) is 339 cm³/mol. The van der Waals surface area contributed by atoms with Crippen LogP contribution < -0.4 is 18.9 Å². The summed E-state index contributed by atoms with van der Waals surface area (Å²) in [6.45, 7) is 45.7. The van der Waals surface area contributed by atoms with E-state index in [0.717, 1.165) is 53.4 Å². The number of carbonyl (C=O) groups is 8.